The lowest BCUT2D eigenvalue weighted by atomic mass is 10.1. The number of amides is 2. The molecule has 2 amide bonds. The van der Waals surface area contributed by atoms with E-state index in [2.05, 4.69) is 5.32 Å². The van der Waals surface area contributed by atoms with Crippen LogP contribution in [-0.2, 0) is 26.2 Å². The largest absolute Gasteiger partial charge is 0.352 e. The number of benzene rings is 2. The maximum atomic E-state index is 13.8. The van der Waals surface area contributed by atoms with Gasteiger partial charge in [-0.1, -0.05) is 55.6 Å². The lowest BCUT2D eigenvalue weighted by Gasteiger charge is -2.33. The molecule has 0 radical (unpaired) electrons. The van der Waals surface area contributed by atoms with E-state index >= 15 is 0 Å². The van der Waals surface area contributed by atoms with E-state index in [9.17, 15) is 22.4 Å². The van der Waals surface area contributed by atoms with Crippen LogP contribution >= 0.6 is 11.6 Å². The van der Waals surface area contributed by atoms with Crippen LogP contribution in [0.15, 0.2) is 48.5 Å². The normalized spacial score (nSPS) is 15.0. The number of carbonyl (C=O) groups excluding carboxylic acids is 2. The van der Waals surface area contributed by atoms with E-state index in [0.717, 1.165) is 42.3 Å². The molecule has 3 rings (SSSR count). The predicted octanol–water partition coefficient (Wildman–Crippen LogP) is 4.11. The Bertz CT molecular complexity index is 1150. The Kier molecular flexibility index (Phi) is 9.13. The summed E-state index contributed by atoms with van der Waals surface area (Å²) in [6.07, 6.45) is 5.15. The predicted molar refractivity (Wildman–Crippen MR) is 135 cm³/mol. The first-order valence-corrected chi connectivity index (χ1v) is 13.9. The molecule has 1 atom stereocenters. The second-order valence-electron chi connectivity index (χ2n) is 8.78. The van der Waals surface area contributed by atoms with Gasteiger partial charge >= 0.3 is 0 Å². The second kappa shape index (κ2) is 11.9. The Hall–Kier alpha value is -2.65. The summed E-state index contributed by atoms with van der Waals surface area (Å²) in [6.45, 7) is 1.24. The molecule has 0 aromatic heterocycles. The highest BCUT2D eigenvalue weighted by Crippen LogP contribution is 2.23. The number of nitrogens with zero attached hydrogens (tertiary/aromatic N) is 2. The van der Waals surface area contributed by atoms with Crippen molar-refractivity contribution in [3.8, 4) is 0 Å². The van der Waals surface area contributed by atoms with Gasteiger partial charge in [0.25, 0.3) is 0 Å². The van der Waals surface area contributed by atoms with E-state index < -0.39 is 34.3 Å². The third-order valence-corrected chi connectivity index (χ3v) is 7.67. The lowest BCUT2D eigenvalue weighted by Crippen LogP contribution is -2.53. The summed E-state index contributed by atoms with van der Waals surface area (Å²) in [7, 11) is -3.92. The van der Waals surface area contributed by atoms with Crippen molar-refractivity contribution in [3.05, 3.63) is 64.9 Å². The standard InChI is InChI=1S/C25H31ClFN3O4S/c1-3-23(25(32)28-20-11-5-6-12-20)29(16-18-9-4-7-14-22(18)26)24(31)17-30(35(2,33)34)21-13-8-10-19(27)15-21/h4,7-10,13-15,20,23H,3,5-6,11-12,16-17H2,1-2H3,(H,28,32). The molecule has 1 aliphatic rings. The first kappa shape index (κ1) is 26.9. The Labute approximate surface area is 211 Å². The molecule has 0 aliphatic heterocycles. The molecule has 0 saturated heterocycles. The summed E-state index contributed by atoms with van der Waals surface area (Å²) in [5, 5.41) is 3.47. The Morgan fingerprint density at radius 2 is 1.83 bits per heavy atom. The van der Waals surface area contributed by atoms with Crippen molar-refractivity contribution in [2.45, 2.75) is 57.7 Å². The zero-order valence-electron chi connectivity index (χ0n) is 19.9. The number of anilines is 1. The highest BCUT2D eigenvalue weighted by molar-refractivity contribution is 7.92. The topological polar surface area (TPSA) is 86.8 Å². The van der Waals surface area contributed by atoms with Crippen LogP contribution in [0.3, 0.4) is 0 Å². The second-order valence-corrected chi connectivity index (χ2v) is 11.1. The molecule has 1 N–H and O–H groups in total. The summed E-state index contributed by atoms with van der Waals surface area (Å²) in [5.41, 5.74) is 0.660. The number of sulfonamides is 1. The number of rotatable bonds is 10. The molecular weight excluding hydrogens is 493 g/mol. The highest BCUT2D eigenvalue weighted by Gasteiger charge is 2.33. The van der Waals surface area contributed by atoms with Gasteiger partial charge in [-0.15, -0.1) is 0 Å². The summed E-state index contributed by atoms with van der Waals surface area (Å²) in [5.74, 6) is -1.50. The van der Waals surface area contributed by atoms with Gasteiger partial charge in [-0.25, -0.2) is 12.8 Å². The lowest BCUT2D eigenvalue weighted by molar-refractivity contribution is -0.140. The van der Waals surface area contributed by atoms with Gasteiger partial charge in [0.15, 0.2) is 0 Å². The average Bonchev–Trinajstić information content (AvgIpc) is 3.30. The van der Waals surface area contributed by atoms with Gasteiger partial charge in [0, 0.05) is 17.6 Å². The SMILES string of the molecule is CCC(C(=O)NC1CCCC1)N(Cc1ccccc1Cl)C(=O)CN(c1cccc(F)c1)S(C)(=O)=O. The molecule has 2 aromatic carbocycles. The van der Waals surface area contributed by atoms with Crippen LogP contribution in [0.5, 0.6) is 0 Å². The maximum Gasteiger partial charge on any atom is 0.244 e. The van der Waals surface area contributed by atoms with Crippen molar-refractivity contribution in [1.82, 2.24) is 10.2 Å². The first-order chi connectivity index (χ1) is 16.6. The number of carbonyl (C=O) groups is 2. The third kappa shape index (κ3) is 7.18. The van der Waals surface area contributed by atoms with Crippen LogP contribution in [0.2, 0.25) is 5.02 Å². The molecule has 0 spiro atoms. The number of hydrogen-bond acceptors (Lipinski definition) is 4. The van der Waals surface area contributed by atoms with Crippen LogP contribution in [0.4, 0.5) is 10.1 Å². The first-order valence-electron chi connectivity index (χ1n) is 11.7. The van der Waals surface area contributed by atoms with Crippen LogP contribution in [0.1, 0.15) is 44.6 Å². The number of hydrogen-bond donors (Lipinski definition) is 1. The van der Waals surface area contributed by atoms with Gasteiger partial charge in [0.1, 0.15) is 18.4 Å². The minimum atomic E-state index is -3.92. The maximum absolute atomic E-state index is 13.8. The van der Waals surface area contributed by atoms with E-state index in [0.29, 0.717) is 17.0 Å². The molecular formula is C25H31ClFN3O4S. The zero-order valence-corrected chi connectivity index (χ0v) is 21.5. The van der Waals surface area contributed by atoms with Gasteiger partial charge < -0.3 is 10.2 Å². The fraction of sp³-hybridized carbons (Fsp3) is 0.440. The molecule has 190 valence electrons. The van der Waals surface area contributed by atoms with Crippen LogP contribution in [-0.4, -0.2) is 50.0 Å². The third-order valence-electron chi connectivity index (χ3n) is 6.16. The number of halogens is 2. The van der Waals surface area contributed by atoms with E-state index in [1.165, 1.54) is 23.1 Å². The smallest absolute Gasteiger partial charge is 0.244 e. The minimum Gasteiger partial charge on any atom is -0.352 e. The van der Waals surface area contributed by atoms with Crippen molar-refractivity contribution in [2.24, 2.45) is 0 Å². The summed E-state index contributed by atoms with van der Waals surface area (Å²) in [4.78, 5) is 28.2. The fourth-order valence-electron chi connectivity index (χ4n) is 4.34. The summed E-state index contributed by atoms with van der Waals surface area (Å²) >= 11 is 6.34. The molecule has 1 fully saturated rings. The molecule has 10 heteroatoms. The van der Waals surface area contributed by atoms with Crippen molar-refractivity contribution in [1.29, 1.82) is 0 Å². The Morgan fingerprint density at radius 3 is 2.43 bits per heavy atom. The molecule has 2 aromatic rings. The van der Waals surface area contributed by atoms with Crippen molar-refractivity contribution < 1.29 is 22.4 Å². The van der Waals surface area contributed by atoms with E-state index in [4.69, 9.17) is 11.6 Å². The highest BCUT2D eigenvalue weighted by atomic mass is 35.5. The molecule has 0 bridgehead atoms. The average molecular weight is 524 g/mol. The van der Waals surface area contributed by atoms with Crippen LogP contribution in [0.25, 0.3) is 0 Å². The number of nitrogens with one attached hydrogen (secondary N) is 1. The van der Waals surface area contributed by atoms with Crippen molar-refractivity contribution >= 4 is 39.1 Å². The van der Waals surface area contributed by atoms with Gasteiger partial charge in [-0.05, 0) is 49.1 Å². The molecule has 1 unspecified atom stereocenters. The fourth-order valence-corrected chi connectivity index (χ4v) is 5.38. The van der Waals surface area contributed by atoms with Crippen molar-refractivity contribution in [3.63, 3.8) is 0 Å². The van der Waals surface area contributed by atoms with Gasteiger partial charge in [0.05, 0.1) is 11.9 Å². The zero-order chi connectivity index (χ0) is 25.6. The summed E-state index contributed by atoms with van der Waals surface area (Å²) in [6, 6.07) is 11.3. The Balaban J connectivity index is 1.93. The molecule has 7 nitrogen and oxygen atoms in total. The van der Waals surface area contributed by atoms with E-state index in [-0.39, 0.29) is 24.2 Å². The minimum absolute atomic E-state index is 0.0237. The molecule has 1 saturated carbocycles. The summed E-state index contributed by atoms with van der Waals surface area (Å²) < 4.78 is 39.8. The molecule has 1 aliphatic carbocycles. The van der Waals surface area contributed by atoms with Gasteiger partial charge in [0.2, 0.25) is 21.8 Å². The quantitative estimate of drug-likeness (QED) is 0.507. The van der Waals surface area contributed by atoms with Gasteiger partial charge in [-0.2, -0.15) is 0 Å². The molecule has 0 heterocycles. The van der Waals surface area contributed by atoms with Crippen LogP contribution < -0.4 is 9.62 Å². The van der Waals surface area contributed by atoms with E-state index in [1.54, 1.807) is 31.2 Å². The Morgan fingerprint density at radius 1 is 1.14 bits per heavy atom. The van der Waals surface area contributed by atoms with E-state index in [1.807, 2.05) is 0 Å². The van der Waals surface area contributed by atoms with Gasteiger partial charge in [-0.3, -0.25) is 13.9 Å². The monoisotopic (exact) mass is 523 g/mol. The van der Waals surface area contributed by atoms with Crippen LogP contribution in [0, 0.1) is 5.82 Å². The molecule has 35 heavy (non-hydrogen) atoms. The van der Waals surface area contributed by atoms with Crippen molar-refractivity contribution in [2.75, 3.05) is 17.1 Å².